The topological polar surface area (TPSA) is 85.2 Å². The van der Waals surface area contributed by atoms with E-state index in [1.807, 2.05) is 13.8 Å². The van der Waals surface area contributed by atoms with Gasteiger partial charge in [0.05, 0.1) is 29.7 Å². The van der Waals surface area contributed by atoms with Gasteiger partial charge in [0.25, 0.3) is 11.8 Å². The molecule has 0 radical (unpaired) electrons. The van der Waals surface area contributed by atoms with Crippen molar-refractivity contribution in [1.82, 2.24) is 20.6 Å². The highest BCUT2D eigenvalue weighted by Crippen LogP contribution is 2.16. The Balaban J connectivity index is 1.69. The summed E-state index contributed by atoms with van der Waals surface area (Å²) in [6.07, 6.45) is 1.94. The number of hydrogen-bond acceptors (Lipinski definition) is 4. The van der Waals surface area contributed by atoms with Crippen LogP contribution >= 0.6 is 0 Å². The van der Waals surface area contributed by atoms with Crippen molar-refractivity contribution in [2.75, 3.05) is 6.61 Å². The van der Waals surface area contributed by atoms with Crippen LogP contribution in [0.4, 0.5) is 4.39 Å². The van der Waals surface area contributed by atoms with Gasteiger partial charge in [-0.25, -0.2) is 9.07 Å². The number of benzene rings is 2. The summed E-state index contributed by atoms with van der Waals surface area (Å²) < 4.78 is 20.1. The fourth-order valence-electron chi connectivity index (χ4n) is 2.83. The van der Waals surface area contributed by atoms with E-state index in [9.17, 15) is 14.0 Å². The lowest BCUT2D eigenvalue weighted by atomic mass is 10.2. The van der Waals surface area contributed by atoms with E-state index in [1.54, 1.807) is 41.1 Å². The van der Waals surface area contributed by atoms with Crippen molar-refractivity contribution >= 4 is 11.8 Å². The second-order valence-corrected chi connectivity index (χ2v) is 6.11. The second-order valence-electron chi connectivity index (χ2n) is 6.11. The molecule has 2 N–H and O–H groups in total. The van der Waals surface area contributed by atoms with Crippen LogP contribution in [0.25, 0.3) is 5.69 Å². The Labute approximate surface area is 167 Å². The van der Waals surface area contributed by atoms with Crippen molar-refractivity contribution in [3.05, 3.63) is 77.4 Å². The van der Waals surface area contributed by atoms with Crippen molar-refractivity contribution in [3.63, 3.8) is 0 Å². The van der Waals surface area contributed by atoms with Gasteiger partial charge in [0.2, 0.25) is 0 Å². The van der Waals surface area contributed by atoms with Gasteiger partial charge in [-0.05, 0) is 61.9 Å². The molecule has 1 heterocycles. The van der Waals surface area contributed by atoms with E-state index < -0.39 is 11.8 Å². The molecule has 8 heteroatoms. The first-order valence-electron chi connectivity index (χ1n) is 9.19. The average Bonchev–Trinajstić information content (AvgIpc) is 3.17. The fraction of sp³-hybridized carbons (Fsp3) is 0.190. The zero-order valence-corrected chi connectivity index (χ0v) is 16.1. The fourth-order valence-corrected chi connectivity index (χ4v) is 2.83. The van der Waals surface area contributed by atoms with E-state index >= 15 is 0 Å². The zero-order chi connectivity index (χ0) is 20.8. The Morgan fingerprint density at radius 3 is 2.28 bits per heavy atom. The number of halogens is 1. The largest absolute Gasteiger partial charge is 0.494 e. The minimum atomic E-state index is -0.491. The summed E-state index contributed by atoms with van der Waals surface area (Å²) in [5.74, 6) is -0.636. The van der Waals surface area contributed by atoms with Crippen molar-refractivity contribution in [2.24, 2.45) is 0 Å². The first kappa shape index (κ1) is 20.1. The smallest absolute Gasteiger partial charge is 0.273 e. The van der Waals surface area contributed by atoms with Crippen molar-refractivity contribution in [2.45, 2.75) is 20.3 Å². The second kappa shape index (κ2) is 9.01. The molecule has 0 saturated heterocycles. The van der Waals surface area contributed by atoms with Crippen LogP contribution < -0.4 is 15.6 Å². The summed E-state index contributed by atoms with van der Waals surface area (Å²) >= 11 is 0. The third-order valence-electron chi connectivity index (χ3n) is 4.24. The molecule has 7 nitrogen and oxygen atoms in total. The van der Waals surface area contributed by atoms with Crippen LogP contribution in [0.2, 0.25) is 0 Å². The van der Waals surface area contributed by atoms with Gasteiger partial charge in [0.1, 0.15) is 11.6 Å². The van der Waals surface area contributed by atoms with E-state index in [2.05, 4.69) is 16.0 Å². The number of amides is 2. The van der Waals surface area contributed by atoms with Gasteiger partial charge in [0.15, 0.2) is 0 Å². The molecule has 1 aromatic heterocycles. The lowest BCUT2D eigenvalue weighted by Gasteiger charge is -2.10. The normalized spacial score (nSPS) is 10.4. The standard InChI is InChI=1S/C21H21FN4O3/c1-3-19-18(13-23-26(19)16-9-7-15(22)8-10-16)21(28)25-24-20(27)14-5-11-17(12-6-14)29-4-2/h5-13H,3-4H2,1-2H3,(H,24,27)(H,25,28). The van der Waals surface area contributed by atoms with Gasteiger partial charge in [-0.2, -0.15) is 5.10 Å². The van der Waals surface area contributed by atoms with Crippen molar-refractivity contribution in [3.8, 4) is 11.4 Å². The lowest BCUT2D eigenvalue weighted by Crippen LogP contribution is -2.41. The molecule has 29 heavy (non-hydrogen) atoms. The maximum absolute atomic E-state index is 13.2. The number of nitrogens with one attached hydrogen (secondary N) is 2. The highest BCUT2D eigenvalue weighted by molar-refractivity contribution is 5.99. The lowest BCUT2D eigenvalue weighted by molar-refractivity contribution is 0.0846. The summed E-state index contributed by atoms with van der Waals surface area (Å²) in [6, 6.07) is 12.4. The third kappa shape index (κ3) is 4.60. The van der Waals surface area contributed by atoms with Crippen LogP contribution in [0.3, 0.4) is 0 Å². The van der Waals surface area contributed by atoms with Crippen LogP contribution in [0.1, 0.15) is 40.3 Å². The number of carbonyl (C=O) groups is 2. The number of ether oxygens (including phenoxy) is 1. The molecule has 0 atom stereocenters. The SMILES string of the molecule is CCOc1ccc(C(=O)NNC(=O)c2cnn(-c3ccc(F)cc3)c2CC)cc1. The van der Waals surface area contributed by atoms with E-state index in [-0.39, 0.29) is 5.82 Å². The van der Waals surface area contributed by atoms with E-state index in [0.29, 0.717) is 41.3 Å². The van der Waals surface area contributed by atoms with Crippen LogP contribution in [0.15, 0.2) is 54.7 Å². The quantitative estimate of drug-likeness (QED) is 0.627. The summed E-state index contributed by atoms with van der Waals surface area (Å²) in [6.45, 7) is 4.29. The van der Waals surface area contributed by atoms with Gasteiger partial charge in [0, 0.05) is 5.56 Å². The summed E-state index contributed by atoms with van der Waals surface area (Å²) in [7, 11) is 0. The molecular formula is C21H21FN4O3. The van der Waals surface area contributed by atoms with Crippen molar-refractivity contribution < 1.29 is 18.7 Å². The predicted molar refractivity (Wildman–Crippen MR) is 105 cm³/mol. The molecule has 0 spiro atoms. The molecule has 0 bridgehead atoms. The highest BCUT2D eigenvalue weighted by Gasteiger charge is 2.18. The number of nitrogens with zero attached hydrogens (tertiary/aromatic N) is 2. The minimum absolute atomic E-state index is 0.323. The molecule has 0 fully saturated rings. The maximum atomic E-state index is 13.2. The predicted octanol–water partition coefficient (Wildman–Crippen LogP) is 3.05. The molecule has 0 aliphatic rings. The molecule has 0 aliphatic carbocycles. The van der Waals surface area contributed by atoms with Crippen LogP contribution in [-0.2, 0) is 6.42 Å². The Kier molecular flexibility index (Phi) is 6.23. The number of rotatable bonds is 6. The number of carbonyl (C=O) groups excluding carboxylic acids is 2. The number of hydrogen-bond donors (Lipinski definition) is 2. The van der Waals surface area contributed by atoms with Crippen LogP contribution in [0, 0.1) is 5.82 Å². The first-order valence-corrected chi connectivity index (χ1v) is 9.19. The number of hydrazine groups is 1. The van der Waals surface area contributed by atoms with Crippen LogP contribution in [0.5, 0.6) is 5.75 Å². The molecule has 2 aromatic carbocycles. The molecule has 3 aromatic rings. The Bertz CT molecular complexity index is 998. The van der Waals surface area contributed by atoms with Crippen LogP contribution in [-0.4, -0.2) is 28.2 Å². The van der Waals surface area contributed by atoms with Gasteiger partial charge in [-0.15, -0.1) is 0 Å². The Morgan fingerprint density at radius 2 is 1.66 bits per heavy atom. The average molecular weight is 396 g/mol. The molecule has 150 valence electrons. The minimum Gasteiger partial charge on any atom is -0.494 e. The van der Waals surface area contributed by atoms with E-state index in [1.165, 1.54) is 18.3 Å². The van der Waals surface area contributed by atoms with Gasteiger partial charge >= 0.3 is 0 Å². The van der Waals surface area contributed by atoms with Gasteiger partial charge < -0.3 is 4.74 Å². The Morgan fingerprint density at radius 1 is 1.00 bits per heavy atom. The molecular weight excluding hydrogens is 375 g/mol. The molecule has 0 aliphatic heterocycles. The summed E-state index contributed by atoms with van der Waals surface area (Å²) in [5, 5.41) is 4.23. The third-order valence-corrected chi connectivity index (χ3v) is 4.24. The van der Waals surface area contributed by atoms with Crippen molar-refractivity contribution in [1.29, 1.82) is 0 Å². The van der Waals surface area contributed by atoms with Gasteiger partial charge in [-0.3, -0.25) is 20.4 Å². The van der Waals surface area contributed by atoms with E-state index in [0.717, 1.165) is 0 Å². The summed E-state index contributed by atoms with van der Waals surface area (Å²) in [4.78, 5) is 24.8. The summed E-state index contributed by atoms with van der Waals surface area (Å²) in [5.41, 5.74) is 6.78. The molecule has 0 saturated carbocycles. The molecule has 0 unspecified atom stereocenters. The molecule has 2 amide bonds. The van der Waals surface area contributed by atoms with Gasteiger partial charge in [-0.1, -0.05) is 6.92 Å². The zero-order valence-electron chi connectivity index (χ0n) is 16.1. The van der Waals surface area contributed by atoms with E-state index in [4.69, 9.17) is 4.74 Å². The maximum Gasteiger partial charge on any atom is 0.273 e. The molecule has 3 rings (SSSR count). The first-order chi connectivity index (χ1) is 14.0. The highest BCUT2D eigenvalue weighted by atomic mass is 19.1. The Hall–Kier alpha value is -3.68. The number of aromatic nitrogens is 2. The monoisotopic (exact) mass is 396 g/mol.